The molecule has 0 saturated heterocycles. The molecule has 6 nitrogen and oxygen atoms in total. The van der Waals surface area contributed by atoms with Crippen LogP contribution in [0.5, 0.6) is 0 Å². The minimum Gasteiger partial charge on any atom is -0.336 e. The van der Waals surface area contributed by atoms with Crippen molar-refractivity contribution in [3.05, 3.63) is 35.7 Å². The highest BCUT2D eigenvalue weighted by Gasteiger charge is 2.20. The number of aromatic nitrogens is 3. The van der Waals surface area contributed by atoms with E-state index in [4.69, 9.17) is 5.84 Å². The Bertz CT molecular complexity index is 685. The number of hydrogen-bond acceptors (Lipinski definition) is 5. The van der Waals surface area contributed by atoms with Gasteiger partial charge in [-0.05, 0) is 37.8 Å². The van der Waals surface area contributed by atoms with Crippen LogP contribution in [0.25, 0.3) is 0 Å². The second-order valence-corrected chi connectivity index (χ2v) is 6.85. The molecule has 0 radical (unpaired) electrons. The Morgan fingerprint density at radius 1 is 1.35 bits per heavy atom. The van der Waals surface area contributed by atoms with Gasteiger partial charge >= 0.3 is 0 Å². The lowest BCUT2D eigenvalue weighted by Gasteiger charge is -2.17. The highest BCUT2D eigenvalue weighted by Crippen LogP contribution is 2.28. The zero-order chi connectivity index (χ0) is 17.0. The number of carbonyl (C=O) groups is 1. The Labute approximate surface area is 140 Å². The largest absolute Gasteiger partial charge is 0.336 e. The van der Waals surface area contributed by atoms with Gasteiger partial charge in [0.15, 0.2) is 0 Å². The SMILES string of the molecule is CC[C@H](C)c1ccccc1NC(=O)[C@@H](C)Sc1nnc(C)n1N. The van der Waals surface area contributed by atoms with E-state index in [9.17, 15) is 4.79 Å². The zero-order valence-corrected chi connectivity index (χ0v) is 14.7. The third-order valence-electron chi connectivity index (χ3n) is 3.85. The molecule has 2 rings (SSSR count). The Morgan fingerprint density at radius 3 is 2.65 bits per heavy atom. The van der Waals surface area contributed by atoms with Crippen LogP contribution in [0.15, 0.2) is 29.4 Å². The summed E-state index contributed by atoms with van der Waals surface area (Å²) >= 11 is 1.29. The zero-order valence-electron chi connectivity index (χ0n) is 13.9. The molecule has 0 saturated carbocycles. The minimum absolute atomic E-state index is 0.0774. The summed E-state index contributed by atoms with van der Waals surface area (Å²) in [5.41, 5.74) is 2.02. The number of carbonyl (C=O) groups excluding carboxylic acids is 1. The molecule has 124 valence electrons. The molecule has 1 aromatic heterocycles. The Hall–Kier alpha value is -2.02. The lowest BCUT2D eigenvalue weighted by molar-refractivity contribution is -0.115. The van der Waals surface area contributed by atoms with Crippen LogP contribution in [-0.2, 0) is 4.79 Å². The molecule has 23 heavy (non-hydrogen) atoms. The van der Waals surface area contributed by atoms with Crippen molar-refractivity contribution in [3.8, 4) is 0 Å². The summed E-state index contributed by atoms with van der Waals surface area (Å²) in [5.74, 6) is 6.75. The topological polar surface area (TPSA) is 85.8 Å². The van der Waals surface area contributed by atoms with E-state index in [1.165, 1.54) is 16.4 Å². The summed E-state index contributed by atoms with van der Waals surface area (Å²) in [5, 5.41) is 11.1. The van der Waals surface area contributed by atoms with Gasteiger partial charge in [0.25, 0.3) is 0 Å². The van der Waals surface area contributed by atoms with Crippen LogP contribution in [0.2, 0.25) is 0 Å². The third-order valence-corrected chi connectivity index (χ3v) is 4.91. The smallest absolute Gasteiger partial charge is 0.237 e. The van der Waals surface area contributed by atoms with E-state index in [1.807, 2.05) is 25.1 Å². The summed E-state index contributed by atoms with van der Waals surface area (Å²) in [6.07, 6.45) is 1.02. The lowest BCUT2D eigenvalue weighted by Crippen LogP contribution is -2.24. The van der Waals surface area contributed by atoms with Gasteiger partial charge in [-0.2, -0.15) is 0 Å². The van der Waals surface area contributed by atoms with Crippen molar-refractivity contribution in [2.24, 2.45) is 0 Å². The van der Waals surface area contributed by atoms with Crippen LogP contribution in [0.3, 0.4) is 0 Å². The van der Waals surface area contributed by atoms with E-state index in [0.29, 0.717) is 16.9 Å². The maximum Gasteiger partial charge on any atom is 0.237 e. The molecule has 1 aromatic carbocycles. The molecule has 7 heteroatoms. The molecular formula is C16H23N5OS. The number of rotatable bonds is 6. The number of aryl methyl sites for hydroxylation is 1. The van der Waals surface area contributed by atoms with E-state index in [1.54, 1.807) is 6.92 Å². The van der Waals surface area contributed by atoms with Crippen molar-refractivity contribution in [1.82, 2.24) is 14.9 Å². The van der Waals surface area contributed by atoms with Crippen molar-refractivity contribution >= 4 is 23.4 Å². The van der Waals surface area contributed by atoms with E-state index >= 15 is 0 Å². The lowest BCUT2D eigenvalue weighted by atomic mass is 9.97. The first-order valence-corrected chi connectivity index (χ1v) is 8.55. The fourth-order valence-corrected chi connectivity index (χ4v) is 2.95. The van der Waals surface area contributed by atoms with Crippen LogP contribution in [0.1, 0.15) is 44.5 Å². The third kappa shape index (κ3) is 4.04. The molecule has 2 atom stereocenters. The Balaban J connectivity index is 2.08. The van der Waals surface area contributed by atoms with Crippen molar-refractivity contribution < 1.29 is 4.79 Å². The molecule has 1 heterocycles. The molecule has 0 spiro atoms. The van der Waals surface area contributed by atoms with Crippen molar-refractivity contribution in [1.29, 1.82) is 0 Å². The van der Waals surface area contributed by atoms with E-state index in [-0.39, 0.29) is 11.2 Å². The van der Waals surface area contributed by atoms with Crippen molar-refractivity contribution in [2.75, 3.05) is 11.2 Å². The maximum atomic E-state index is 12.5. The number of hydrogen-bond donors (Lipinski definition) is 2. The second kappa shape index (κ2) is 7.50. The van der Waals surface area contributed by atoms with Crippen LogP contribution >= 0.6 is 11.8 Å². The van der Waals surface area contributed by atoms with Crippen LogP contribution < -0.4 is 11.2 Å². The predicted octanol–water partition coefficient (Wildman–Crippen LogP) is 2.93. The molecule has 0 unspecified atom stereocenters. The first kappa shape index (κ1) is 17.3. The molecule has 0 aliphatic rings. The average Bonchev–Trinajstić information content (AvgIpc) is 2.86. The summed E-state index contributed by atoms with van der Waals surface area (Å²) in [7, 11) is 0. The number of benzene rings is 1. The number of anilines is 1. The highest BCUT2D eigenvalue weighted by atomic mass is 32.2. The number of thioether (sulfide) groups is 1. The first-order chi connectivity index (χ1) is 10.9. The van der Waals surface area contributed by atoms with Gasteiger partial charge < -0.3 is 11.2 Å². The van der Waals surface area contributed by atoms with Crippen molar-refractivity contribution in [2.45, 2.75) is 50.4 Å². The number of amides is 1. The molecule has 0 aliphatic carbocycles. The van der Waals surface area contributed by atoms with Gasteiger partial charge in [0.05, 0.1) is 5.25 Å². The Kier molecular flexibility index (Phi) is 5.65. The normalized spacial score (nSPS) is 13.6. The Morgan fingerprint density at radius 2 is 2.04 bits per heavy atom. The summed E-state index contributed by atoms with van der Waals surface area (Å²) in [6, 6.07) is 7.92. The first-order valence-electron chi connectivity index (χ1n) is 7.67. The molecule has 3 N–H and O–H groups in total. The number of nitrogens with two attached hydrogens (primary N) is 1. The quantitative estimate of drug-likeness (QED) is 0.627. The van der Waals surface area contributed by atoms with Crippen molar-refractivity contribution in [3.63, 3.8) is 0 Å². The monoisotopic (exact) mass is 333 g/mol. The van der Waals surface area contributed by atoms with Crippen LogP contribution in [-0.4, -0.2) is 26.0 Å². The standard InChI is InChI=1S/C16H23N5OS/c1-5-10(2)13-8-6-7-9-14(13)18-15(22)11(3)23-16-20-19-12(4)21(16)17/h6-11H,5,17H2,1-4H3,(H,18,22)/t10-,11+/m0/s1. The van der Waals surface area contributed by atoms with Gasteiger partial charge in [-0.15, -0.1) is 10.2 Å². The van der Waals surface area contributed by atoms with Gasteiger partial charge in [-0.25, -0.2) is 4.68 Å². The molecule has 1 amide bonds. The summed E-state index contributed by atoms with van der Waals surface area (Å²) in [6.45, 7) is 7.89. The fraction of sp³-hybridized carbons (Fsp3) is 0.438. The molecule has 0 fully saturated rings. The molecule has 0 bridgehead atoms. The van der Waals surface area contributed by atoms with Gasteiger partial charge in [-0.1, -0.05) is 43.8 Å². The van der Waals surface area contributed by atoms with E-state index < -0.39 is 0 Å². The average molecular weight is 333 g/mol. The van der Waals surface area contributed by atoms with E-state index in [2.05, 4.69) is 35.4 Å². The number of para-hydroxylation sites is 1. The molecular weight excluding hydrogens is 310 g/mol. The summed E-state index contributed by atoms with van der Waals surface area (Å²) < 4.78 is 1.39. The highest BCUT2D eigenvalue weighted by molar-refractivity contribution is 8.00. The van der Waals surface area contributed by atoms with Gasteiger partial charge in [0.1, 0.15) is 5.82 Å². The second-order valence-electron chi connectivity index (χ2n) is 5.55. The fourth-order valence-electron chi connectivity index (χ4n) is 2.14. The number of nitrogen functional groups attached to an aromatic ring is 1. The van der Waals surface area contributed by atoms with Crippen LogP contribution in [0.4, 0.5) is 5.69 Å². The van der Waals surface area contributed by atoms with Crippen LogP contribution in [0, 0.1) is 6.92 Å². The number of nitrogens with zero attached hydrogens (tertiary/aromatic N) is 3. The molecule has 0 aliphatic heterocycles. The van der Waals surface area contributed by atoms with Gasteiger partial charge in [-0.3, -0.25) is 4.79 Å². The predicted molar refractivity (Wildman–Crippen MR) is 94.0 cm³/mol. The minimum atomic E-state index is -0.328. The maximum absolute atomic E-state index is 12.5. The summed E-state index contributed by atoms with van der Waals surface area (Å²) in [4.78, 5) is 12.5. The van der Waals surface area contributed by atoms with Gasteiger partial charge in [0.2, 0.25) is 11.1 Å². The van der Waals surface area contributed by atoms with E-state index in [0.717, 1.165) is 17.7 Å². The molecule has 2 aromatic rings. The number of nitrogens with one attached hydrogen (secondary N) is 1. The van der Waals surface area contributed by atoms with Gasteiger partial charge in [0, 0.05) is 5.69 Å².